The molecule has 16 rings (SSSR count). The first-order valence-electron chi connectivity index (χ1n) is 49.3. The summed E-state index contributed by atoms with van der Waals surface area (Å²) in [7, 11) is 6.89. The van der Waals surface area contributed by atoms with Crippen molar-refractivity contribution >= 4 is 137 Å². The quantitative estimate of drug-likeness (QED) is 0.0186. The van der Waals surface area contributed by atoms with Crippen LogP contribution in [0.25, 0.3) is 45.0 Å². The van der Waals surface area contributed by atoms with Gasteiger partial charge in [-0.2, -0.15) is 0 Å². The van der Waals surface area contributed by atoms with Crippen molar-refractivity contribution in [1.82, 2.24) is 100 Å². The molecule has 4 aromatic heterocycles. The third-order valence-corrected chi connectivity index (χ3v) is 30.8. The molecule has 8 aromatic rings. The van der Waals surface area contributed by atoms with Crippen molar-refractivity contribution < 1.29 is 57.5 Å². The van der Waals surface area contributed by atoms with Gasteiger partial charge in [-0.25, -0.2) is 0 Å². The fourth-order valence-corrected chi connectivity index (χ4v) is 22.2. The second-order valence-corrected chi connectivity index (χ2v) is 40.2. The highest BCUT2D eigenvalue weighted by molar-refractivity contribution is 7.11. The average Bonchev–Trinajstić information content (AvgIpc) is 1.71. The van der Waals surface area contributed by atoms with Gasteiger partial charge in [0.25, 0.3) is 0 Å². The lowest BCUT2D eigenvalue weighted by atomic mass is 9.83. The maximum absolute atomic E-state index is 13.8. The smallest absolute Gasteiger partial charge is 0.247 e. The van der Waals surface area contributed by atoms with E-state index in [0.717, 1.165) is 216 Å². The Kier molecular flexibility index (Phi) is 39.4. The Bertz CT molecular complexity index is 4990. The van der Waals surface area contributed by atoms with Crippen molar-refractivity contribution in [1.29, 1.82) is 0 Å². The van der Waals surface area contributed by atoms with E-state index in [1.54, 1.807) is 75.5 Å². The van der Waals surface area contributed by atoms with Gasteiger partial charge in [0, 0.05) is 94.6 Å². The van der Waals surface area contributed by atoms with E-state index in [0.29, 0.717) is 94.6 Å². The molecule has 139 heavy (non-hydrogen) atoms. The van der Waals surface area contributed by atoms with Gasteiger partial charge in [0.1, 0.15) is 91.1 Å². The van der Waals surface area contributed by atoms with Crippen molar-refractivity contribution in [2.75, 3.05) is 75.6 Å². The fourth-order valence-electron chi connectivity index (χ4n) is 19.8. The second-order valence-electron chi connectivity index (χ2n) is 37.2. The summed E-state index contributed by atoms with van der Waals surface area (Å²) in [6.45, 7) is 9.11. The lowest BCUT2D eigenvalue weighted by Gasteiger charge is -2.35. The van der Waals surface area contributed by atoms with Crippen molar-refractivity contribution in [3.8, 4) is 45.0 Å². The third-order valence-electron chi connectivity index (χ3n) is 28.2. The zero-order valence-corrected chi connectivity index (χ0v) is 83.9. The Morgan fingerprint density at radius 2 is 0.453 bits per heavy atom. The number of hydrogen-bond donors (Lipinski definition) is 12. The van der Waals surface area contributed by atoms with Crippen LogP contribution in [0.3, 0.4) is 0 Å². The number of likely N-dealkylation sites (tertiary alicyclic amines) is 4. The molecule has 0 bridgehead atoms. The molecular weight excluding hydrogens is 1850 g/mol. The van der Waals surface area contributed by atoms with Crippen molar-refractivity contribution in [2.24, 2.45) is 23.7 Å². The van der Waals surface area contributed by atoms with E-state index < -0.39 is 72.5 Å². The van der Waals surface area contributed by atoms with Gasteiger partial charge in [0.2, 0.25) is 70.9 Å². The molecule has 8 aliphatic rings. The predicted octanol–water partition coefficient (Wildman–Crippen LogP) is 10.8. The largest absolute Gasteiger partial charge is 0.343 e. The minimum atomic E-state index is -0.614. The number of nitrogens with zero attached hydrogens (tertiary/aromatic N) is 12. The van der Waals surface area contributed by atoms with Gasteiger partial charge in [-0.15, -0.1) is 20.4 Å². The van der Waals surface area contributed by atoms with Gasteiger partial charge < -0.3 is 83.4 Å². The number of carbonyl (C=O) groups is 12. The Morgan fingerprint density at radius 3 is 0.640 bits per heavy atom. The summed E-state index contributed by atoms with van der Waals surface area (Å²) in [6, 6.07) is 31.9. The molecule has 12 atom stereocenters. The van der Waals surface area contributed by atoms with Crippen molar-refractivity contribution in [3.63, 3.8) is 0 Å². The van der Waals surface area contributed by atoms with Gasteiger partial charge in [-0.3, -0.25) is 57.5 Å². The number of benzene rings is 4. The van der Waals surface area contributed by atoms with E-state index in [4.69, 9.17) is 0 Å². The van der Waals surface area contributed by atoms with E-state index in [-0.39, 0.29) is 94.6 Å². The number of amides is 12. The molecule has 746 valence electrons. The molecular formula is C99H134N24O12S4. The first-order chi connectivity index (χ1) is 67.5. The van der Waals surface area contributed by atoms with Crippen LogP contribution in [0, 0.1) is 23.7 Å². The molecule has 0 unspecified atom stereocenters. The second kappa shape index (κ2) is 52.2. The molecule has 0 radical (unpaired) electrons. The van der Waals surface area contributed by atoms with Crippen molar-refractivity contribution in [2.45, 2.75) is 274 Å². The van der Waals surface area contributed by atoms with Gasteiger partial charge in [-0.05, 0) is 182 Å². The van der Waals surface area contributed by atoms with Crippen molar-refractivity contribution in [3.05, 3.63) is 121 Å². The number of rotatable bonds is 32. The van der Waals surface area contributed by atoms with E-state index >= 15 is 0 Å². The van der Waals surface area contributed by atoms with Crippen LogP contribution >= 0.6 is 46.1 Å². The van der Waals surface area contributed by atoms with E-state index in [1.807, 2.05) is 121 Å². The highest BCUT2D eigenvalue weighted by Gasteiger charge is 2.47. The summed E-state index contributed by atoms with van der Waals surface area (Å²) in [5, 5.41) is 54.6. The lowest BCUT2D eigenvalue weighted by Crippen LogP contribution is -2.57. The molecule has 4 aliphatic heterocycles. The van der Waals surface area contributed by atoms with Crippen LogP contribution in [0.2, 0.25) is 0 Å². The van der Waals surface area contributed by atoms with Crippen LogP contribution in [0.5, 0.6) is 0 Å². The molecule has 4 saturated heterocycles. The maximum Gasteiger partial charge on any atom is 0.247 e. The number of likely N-dealkylation sites (N-methyl/N-ethyl adjacent to an activating group) is 4. The molecule has 4 saturated carbocycles. The fraction of sp³-hybridized carbons (Fsp3) is 0.556. The predicted molar refractivity (Wildman–Crippen MR) is 538 cm³/mol. The normalized spacial score (nSPS) is 20.3. The minimum Gasteiger partial charge on any atom is -0.343 e. The van der Waals surface area contributed by atoms with Crippen LogP contribution in [0.15, 0.2) is 121 Å². The van der Waals surface area contributed by atoms with E-state index in [9.17, 15) is 57.5 Å². The Hall–Kier alpha value is -11.4. The van der Waals surface area contributed by atoms with Gasteiger partial charge in [-0.1, -0.05) is 210 Å². The zero-order chi connectivity index (χ0) is 98.4. The minimum absolute atomic E-state index is 0.0870. The highest BCUT2D eigenvalue weighted by Crippen LogP contribution is 2.40. The van der Waals surface area contributed by atoms with Gasteiger partial charge in [0.15, 0.2) is 0 Å². The highest BCUT2D eigenvalue weighted by atomic mass is 32.1. The molecule has 40 heteroatoms. The molecule has 8 heterocycles. The molecule has 4 aromatic carbocycles. The molecule has 4 aliphatic carbocycles. The number of aromatic nitrogens is 8. The van der Waals surface area contributed by atoms with Crippen LogP contribution < -0.4 is 63.8 Å². The summed E-state index contributed by atoms with van der Waals surface area (Å²) in [5.74, 6) is -2.01. The average molecular weight is 1980 g/mol. The summed E-state index contributed by atoms with van der Waals surface area (Å²) >= 11 is 4.49. The molecule has 0 spiro atoms. The summed E-state index contributed by atoms with van der Waals surface area (Å²) in [4.78, 5) is 166. The standard InChI is InChI=1S/3C25H34N6O3S.C24H32N6O3S/c3*1-16(26-2)22(32)27-21(18-12-7-4-8-13-18)25(34)31-15-9-14-19(31)23(33)28-24-20(29-30-35-24)17-10-5-3-6-11-17;1-15(25-2)21(31)26-20(17-11-6-7-12-17)24(33)30-14-8-13-18(30)22(32)27-23-19(28-29-34-23)16-9-4-3-5-10-16/h3*3,5-6,10-11,16,18-19,21,26H,4,7-9,12-15H2,1-2H3,(H,27,32)(H,28,33);3-5,9-10,15,17-18,20,25H,6-8,11-14H2,1-2H3,(H,26,31)(H,27,32)/t16-,19+,21+;16-,19+,21-;16-,19-,21+;15-,18-,20-/m1100/s1. The Balaban J connectivity index is 0.000000156. The Labute approximate surface area is 829 Å². The Morgan fingerprint density at radius 1 is 0.266 bits per heavy atom. The SMILES string of the molecule is CN[C@@H](C)C(=O)N[C@@H](C(=O)N1CCC[C@H]1C(=O)Nc1snnc1-c1ccccc1)C1CCCCC1.CN[C@@H](C)C(=O)N[C@H](C(=O)N1CCC[C@H]1C(=O)Nc1snnc1-c1ccccc1)C1CCCC1.CN[C@H](C)C(=O)N[C@@H](C(=O)N1CCC[C@H]1C(=O)Nc1snnc1-c1ccccc1)C1CCCCC1.CN[C@H](C)C(=O)N[C@H](C(=O)N1CCC[C@H]1C(=O)Nc1snnc1-c1ccccc1)C1CCCCC1. The van der Waals surface area contributed by atoms with E-state index in [1.165, 1.54) is 0 Å². The van der Waals surface area contributed by atoms with Gasteiger partial charge in [0.05, 0.1) is 24.2 Å². The summed E-state index contributed by atoms with van der Waals surface area (Å²) < 4.78 is 16.1. The first kappa shape index (κ1) is 105. The molecule has 12 amide bonds. The molecule has 8 fully saturated rings. The van der Waals surface area contributed by atoms with E-state index in [2.05, 4.69) is 102 Å². The van der Waals surface area contributed by atoms with Crippen LogP contribution in [0.1, 0.15) is 201 Å². The number of nitrogens with one attached hydrogen (secondary N) is 12. The number of hydrogen-bond acceptors (Lipinski definition) is 28. The zero-order valence-electron chi connectivity index (χ0n) is 80.6. The summed E-state index contributed by atoms with van der Waals surface area (Å²) in [6.07, 6.45) is 24.4. The number of carbonyl (C=O) groups excluding carboxylic acids is 12. The van der Waals surface area contributed by atoms with Crippen LogP contribution in [-0.4, -0.2) is 256 Å². The van der Waals surface area contributed by atoms with Crippen LogP contribution in [0.4, 0.5) is 20.0 Å². The lowest BCUT2D eigenvalue weighted by molar-refractivity contribution is -0.142. The maximum atomic E-state index is 13.8. The molecule has 12 N–H and O–H groups in total. The third kappa shape index (κ3) is 27.4. The monoisotopic (exact) mass is 1980 g/mol. The number of anilines is 4. The molecule has 36 nitrogen and oxygen atoms in total. The first-order valence-corrected chi connectivity index (χ1v) is 52.4. The topological polar surface area (TPSA) is 465 Å². The van der Waals surface area contributed by atoms with Crippen LogP contribution in [-0.2, 0) is 57.5 Å². The summed E-state index contributed by atoms with van der Waals surface area (Å²) in [5.41, 5.74) is 5.95. The van der Waals surface area contributed by atoms with Gasteiger partial charge >= 0.3 is 0 Å².